The molecule has 9 rings (SSSR count). The summed E-state index contributed by atoms with van der Waals surface area (Å²) in [4.78, 5) is 0. The molecule has 0 N–H and O–H groups in total. The molecule has 40 heavy (non-hydrogen) atoms. The minimum Gasteiger partial charge on any atom is -0.135 e. The Morgan fingerprint density at radius 3 is 1.73 bits per heavy atom. The smallest absolute Gasteiger partial charge is 0.0433 e. The van der Waals surface area contributed by atoms with E-state index in [1.54, 1.807) is 0 Å². The van der Waals surface area contributed by atoms with Gasteiger partial charge in [-0.3, -0.25) is 0 Å². The van der Waals surface area contributed by atoms with Crippen LogP contribution in [0.4, 0.5) is 0 Å². The molecule has 2 aromatic heterocycles. The molecule has 0 fully saturated rings. The van der Waals surface area contributed by atoms with Crippen LogP contribution in [0.25, 0.3) is 73.7 Å². The van der Waals surface area contributed by atoms with Crippen LogP contribution in [-0.4, -0.2) is 0 Å². The fourth-order valence-electron chi connectivity index (χ4n) is 6.65. The van der Waals surface area contributed by atoms with Crippen molar-refractivity contribution in [3.05, 3.63) is 132 Å². The van der Waals surface area contributed by atoms with Gasteiger partial charge < -0.3 is 0 Å². The fraction of sp³-hybridized carbons (Fsp3) is 0.0526. The van der Waals surface area contributed by atoms with Gasteiger partial charge in [0.25, 0.3) is 0 Å². The molecule has 0 bridgehead atoms. The van der Waals surface area contributed by atoms with Crippen LogP contribution in [0, 0.1) is 0 Å². The quantitative estimate of drug-likeness (QED) is 0.203. The summed E-state index contributed by atoms with van der Waals surface area (Å²) in [5, 5.41) is 5.47. The Morgan fingerprint density at radius 1 is 0.375 bits per heavy atom. The van der Waals surface area contributed by atoms with Crippen molar-refractivity contribution in [2.75, 3.05) is 0 Å². The van der Waals surface area contributed by atoms with Crippen molar-refractivity contribution in [3.63, 3.8) is 0 Å². The molecule has 188 valence electrons. The van der Waals surface area contributed by atoms with Crippen molar-refractivity contribution in [1.29, 1.82) is 0 Å². The summed E-state index contributed by atoms with van der Waals surface area (Å²) >= 11 is 3.83. The van der Waals surface area contributed by atoms with Crippen molar-refractivity contribution < 1.29 is 0 Å². The largest absolute Gasteiger partial charge is 0.135 e. The van der Waals surface area contributed by atoms with Gasteiger partial charge in [-0.1, -0.05) is 103 Å². The molecule has 1 aliphatic rings. The molecule has 0 saturated heterocycles. The molecule has 2 heteroatoms. The van der Waals surface area contributed by atoms with Crippen LogP contribution in [0.15, 0.2) is 121 Å². The normalized spacial score (nSPS) is 12.8. The second kappa shape index (κ2) is 8.63. The topological polar surface area (TPSA) is 0 Å². The van der Waals surface area contributed by atoms with E-state index in [1.165, 1.54) is 84.9 Å². The first-order chi connectivity index (χ1) is 19.8. The third-order valence-corrected chi connectivity index (χ3v) is 11.0. The van der Waals surface area contributed by atoms with Crippen LogP contribution >= 0.6 is 22.7 Å². The minimum absolute atomic E-state index is 1.12. The van der Waals surface area contributed by atoms with Crippen LogP contribution < -0.4 is 0 Å². The lowest BCUT2D eigenvalue weighted by atomic mass is 9.85. The standard InChI is InChI=1S/C38H24S2/c1-2-8-27-23(7-1)19-20-26-21-34-32-13-6-11-29(38(32)40-36(34)22-33(26)27)25-17-15-24(16-18-25)28-10-5-12-31-30-9-3-4-14-35(30)39-37(28)31/h1-18,21-22H,19-20H2. The Balaban J connectivity index is 1.17. The van der Waals surface area contributed by atoms with E-state index in [1.807, 2.05) is 22.7 Å². The Labute approximate surface area is 240 Å². The fourth-order valence-corrected chi connectivity index (χ4v) is 9.15. The molecular formula is C38H24S2. The zero-order valence-corrected chi connectivity index (χ0v) is 23.4. The van der Waals surface area contributed by atoms with Crippen LogP contribution in [0.1, 0.15) is 11.1 Å². The van der Waals surface area contributed by atoms with E-state index in [2.05, 4.69) is 121 Å². The number of hydrogen-bond acceptors (Lipinski definition) is 2. The lowest BCUT2D eigenvalue weighted by molar-refractivity contribution is 0.944. The van der Waals surface area contributed by atoms with Crippen molar-refractivity contribution in [2.24, 2.45) is 0 Å². The van der Waals surface area contributed by atoms with Gasteiger partial charge in [0, 0.05) is 40.3 Å². The molecule has 0 radical (unpaired) electrons. The van der Waals surface area contributed by atoms with E-state index in [4.69, 9.17) is 0 Å². The first kappa shape index (κ1) is 22.6. The number of fused-ring (bicyclic) bond motifs is 9. The van der Waals surface area contributed by atoms with Crippen LogP contribution in [0.5, 0.6) is 0 Å². The Morgan fingerprint density at radius 2 is 0.950 bits per heavy atom. The van der Waals surface area contributed by atoms with Gasteiger partial charge >= 0.3 is 0 Å². The number of thiophene rings is 2. The predicted molar refractivity (Wildman–Crippen MR) is 176 cm³/mol. The molecule has 8 aromatic rings. The van der Waals surface area contributed by atoms with Gasteiger partial charge in [0.05, 0.1) is 0 Å². The summed E-state index contributed by atoms with van der Waals surface area (Å²) in [6.45, 7) is 0. The molecule has 0 amide bonds. The molecule has 6 aromatic carbocycles. The second-order valence-corrected chi connectivity index (χ2v) is 12.9. The predicted octanol–water partition coefficient (Wildman–Crippen LogP) is 11.5. The van der Waals surface area contributed by atoms with Gasteiger partial charge in [-0.25, -0.2) is 0 Å². The molecule has 0 saturated carbocycles. The SMILES string of the molecule is c1ccc2c(c1)CCc1cc3c(cc1-2)sc1c(-c2ccc(-c4cccc5c4sc4ccccc45)cc2)cccc13. The van der Waals surface area contributed by atoms with E-state index in [-0.39, 0.29) is 0 Å². The highest BCUT2D eigenvalue weighted by Gasteiger charge is 2.19. The van der Waals surface area contributed by atoms with Gasteiger partial charge in [0.2, 0.25) is 0 Å². The van der Waals surface area contributed by atoms with E-state index in [0.29, 0.717) is 0 Å². The van der Waals surface area contributed by atoms with E-state index >= 15 is 0 Å². The highest BCUT2D eigenvalue weighted by Crippen LogP contribution is 2.45. The summed E-state index contributed by atoms with van der Waals surface area (Å²) in [7, 11) is 0. The Bertz CT molecular complexity index is 2260. The number of rotatable bonds is 2. The van der Waals surface area contributed by atoms with Crippen LogP contribution in [0.2, 0.25) is 0 Å². The summed E-state index contributed by atoms with van der Waals surface area (Å²) < 4.78 is 5.48. The highest BCUT2D eigenvalue weighted by molar-refractivity contribution is 7.26. The van der Waals surface area contributed by atoms with Crippen LogP contribution in [-0.2, 0) is 12.8 Å². The molecule has 0 atom stereocenters. The van der Waals surface area contributed by atoms with E-state index < -0.39 is 0 Å². The summed E-state index contributed by atoms with van der Waals surface area (Å²) in [6, 6.07) is 45.3. The molecular weight excluding hydrogens is 521 g/mol. The van der Waals surface area contributed by atoms with Crippen molar-refractivity contribution in [1.82, 2.24) is 0 Å². The average Bonchev–Trinajstić information content (AvgIpc) is 3.58. The maximum absolute atomic E-state index is 2.47. The minimum atomic E-state index is 1.12. The molecule has 0 unspecified atom stereocenters. The average molecular weight is 545 g/mol. The number of aryl methyl sites for hydroxylation is 2. The zero-order chi connectivity index (χ0) is 26.2. The van der Waals surface area contributed by atoms with Gasteiger partial charge in [-0.2, -0.15) is 0 Å². The third-order valence-electron chi connectivity index (χ3n) is 8.61. The van der Waals surface area contributed by atoms with Gasteiger partial charge in [0.1, 0.15) is 0 Å². The monoisotopic (exact) mass is 544 g/mol. The highest BCUT2D eigenvalue weighted by atomic mass is 32.1. The first-order valence-corrected chi connectivity index (χ1v) is 15.5. The Hall–Kier alpha value is -4.24. The number of benzene rings is 6. The third kappa shape index (κ3) is 3.30. The molecule has 0 spiro atoms. The zero-order valence-electron chi connectivity index (χ0n) is 21.8. The van der Waals surface area contributed by atoms with E-state index in [9.17, 15) is 0 Å². The van der Waals surface area contributed by atoms with Crippen molar-refractivity contribution in [2.45, 2.75) is 12.8 Å². The summed E-state index contributed by atoms with van der Waals surface area (Å²) in [5.74, 6) is 0. The lowest BCUT2D eigenvalue weighted by Crippen LogP contribution is -2.03. The first-order valence-electron chi connectivity index (χ1n) is 13.9. The van der Waals surface area contributed by atoms with Gasteiger partial charge in [-0.15, -0.1) is 22.7 Å². The van der Waals surface area contributed by atoms with Crippen LogP contribution in [0.3, 0.4) is 0 Å². The van der Waals surface area contributed by atoms with Crippen molar-refractivity contribution in [3.8, 4) is 33.4 Å². The maximum atomic E-state index is 2.47. The molecule has 1 aliphatic carbocycles. The van der Waals surface area contributed by atoms with Crippen molar-refractivity contribution >= 4 is 63.0 Å². The summed E-state index contributed by atoms with van der Waals surface area (Å²) in [6.07, 6.45) is 2.25. The maximum Gasteiger partial charge on any atom is 0.0433 e. The van der Waals surface area contributed by atoms with E-state index in [0.717, 1.165) is 12.8 Å². The lowest BCUT2D eigenvalue weighted by Gasteiger charge is -2.19. The number of hydrogen-bond donors (Lipinski definition) is 0. The Kier molecular flexibility index (Phi) is 4.87. The molecule has 0 aliphatic heterocycles. The second-order valence-electron chi connectivity index (χ2n) is 10.8. The summed E-state index contributed by atoms with van der Waals surface area (Å²) in [5.41, 5.74) is 11.0. The van der Waals surface area contributed by atoms with Gasteiger partial charge in [-0.05, 0) is 75.5 Å². The molecule has 2 heterocycles. The van der Waals surface area contributed by atoms with Gasteiger partial charge in [0.15, 0.2) is 0 Å². The molecule has 0 nitrogen and oxygen atoms in total.